The zero-order valence-electron chi connectivity index (χ0n) is 12.3. The summed E-state index contributed by atoms with van der Waals surface area (Å²) in [6.45, 7) is 2.89. The van der Waals surface area contributed by atoms with Crippen molar-refractivity contribution in [1.29, 1.82) is 0 Å². The van der Waals surface area contributed by atoms with Gasteiger partial charge in [-0.1, -0.05) is 15.9 Å². The van der Waals surface area contributed by atoms with Crippen LogP contribution in [0.4, 0.5) is 0 Å². The summed E-state index contributed by atoms with van der Waals surface area (Å²) in [5.41, 5.74) is 6.04. The molecule has 0 aliphatic carbocycles. The van der Waals surface area contributed by atoms with Crippen LogP contribution < -0.4 is 10.9 Å². The number of benzene rings is 1. The molecule has 0 radical (unpaired) electrons. The molecule has 2 heterocycles. The number of nitrogens with one attached hydrogen (secondary N) is 3. The summed E-state index contributed by atoms with van der Waals surface area (Å²) >= 11 is 3.35. The number of carbonyl (C=O) groups excluding carboxylic acids is 2. The van der Waals surface area contributed by atoms with E-state index < -0.39 is 5.91 Å². The lowest BCUT2D eigenvalue weighted by molar-refractivity contribution is -0.124. The molecule has 1 aliphatic heterocycles. The van der Waals surface area contributed by atoms with Crippen molar-refractivity contribution in [2.24, 2.45) is 0 Å². The van der Waals surface area contributed by atoms with Gasteiger partial charge in [-0.25, -0.2) is 0 Å². The van der Waals surface area contributed by atoms with E-state index in [-0.39, 0.29) is 12.5 Å². The van der Waals surface area contributed by atoms with E-state index in [1.807, 2.05) is 11.0 Å². The lowest BCUT2D eigenvalue weighted by Gasteiger charge is -2.25. The Morgan fingerprint density at radius 3 is 2.87 bits per heavy atom. The maximum atomic E-state index is 12.3. The van der Waals surface area contributed by atoms with Crippen LogP contribution in [0, 0.1) is 0 Å². The molecule has 1 aliphatic rings. The van der Waals surface area contributed by atoms with Gasteiger partial charge in [0, 0.05) is 22.9 Å². The fourth-order valence-corrected chi connectivity index (χ4v) is 2.86. The first-order valence-electron chi connectivity index (χ1n) is 7.15. The van der Waals surface area contributed by atoms with Crippen molar-refractivity contribution in [3.05, 3.63) is 28.4 Å². The number of morpholine rings is 1. The normalized spacial score (nSPS) is 15.5. The van der Waals surface area contributed by atoms with Crippen LogP contribution in [0.1, 0.15) is 10.4 Å². The van der Waals surface area contributed by atoms with Crippen molar-refractivity contribution in [2.75, 3.05) is 32.8 Å². The molecule has 1 aromatic heterocycles. The minimum Gasteiger partial charge on any atom is -0.379 e. The van der Waals surface area contributed by atoms with Crippen molar-refractivity contribution < 1.29 is 14.3 Å². The SMILES string of the molecule is O=C(CN1CCOCC1)NNC(=O)c1cc(Br)cc2[nH]ncc12. The van der Waals surface area contributed by atoms with Crippen LogP contribution in [-0.4, -0.2) is 59.8 Å². The van der Waals surface area contributed by atoms with Crippen LogP contribution in [-0.2, 0) is 9.53 Å². The predicted octanol–water partition coefficient (Wildman–Crippen LogP) is 0.419. The highest BCUT2D eigenvalue weighted by Crippen LogP contribution is 2.22. The number of amides is 2. The molecule has 0 saturated carbocycles. The molecule has 3 rings (SSSR count). The fraction of sp³-hybridized carbons (Fsp3) is 0.357. The first-order valence-corrected chi connectivity index (χ1v) is 7.94. The summed E-state index contributed by atoms with van der Waals surface area (Å²) in [5.74, 6) is -0.660. The second kappa shape index (κ2) is 7.07. The van der Waals surface area contributed by atoms with Crippen LogP contribution in [0.25, 0.3) is 10.9 Å². The number of ether oxygens (including phenoxy) is 1. The number of carbonyl (C=O) groups is 2. The maximum Gasteiger partial charge on any atom is 0.270 e. The molecule has 122 valence electrons. The Morgan fingerprint density at radius 2 is 2.09 bits per heavy atom. The van der Waals surface area contributed by atoms with E-state index in [0.717, 1.165) is 9.99 Å². The molecule has 1 saturated heterocycles. The molecule has 0 bridgehead atoms. The van der Waals surface area contributed by atoms with Gasteiger partial charge in [-0.05, 0) is 12.1 Å². The van der Waals surface area contributed by atoms with Crippen LogP contribution in [0.5, 0.6) is 0 Å². The number of aromatic amines is 1. The minimum atomic E-state index is -0.395. The number of nitrogens with zero attached hydrogens (tertiary/aromatic N) is 2. The Labute approximate surface area is 140 Å². The summed E-state index contributed by atoms with van der Waals surface area (Å²) < 4.78 is 5.97. The molecule has 0 unspecified atom stereocenters. The van der Waals surface area contributed by atoms with E-state index in [4.69, 9.17) is 4.74 Å². The lowest BCUT2D eigenvalue weighted by Crippen LogP contribution is -2.48. The van der Waals surface area contributed by atoms with Crippen molar-refractivity contribution >= 4 is 38.6 Å². The first kappa shape index (κ1) is 15.9. The number of hydrogen-bond acceptors (Lipinski definition) is 5. The van der Waals surface area contributed by atoms with Crippen molar-refractivity contribution in [3.8, 4) is 0 Å². The van der Waals surface area contributed by atoms with Gasteiger partial charge in [0.25, 0.3) is 11.8 Å². The van der Waals surface area contributed by atoms with Crippen LogP contribution >= 0.6 is 15.9 Å². The van der Waals surface area contributed by atoms with Crippen LogP contribution in [0.3, 0.4) is 0 Å². The van der Waals surface area contributed by atoms with Gasteiger partial charge in [0.2, 0.25) is 0 Å². The molecule has 0 atom stereocenters. The van der Waals surface area contributed by atoms with Crippen molar-refractivity contribution in [2.45, 2.75) is 0 Å². The van der Waals surface area contributed by atoms with E-state index in [1.54, 1.807) is 12.3 Å². The fourth-order valence-electron chi connectivity index (χ4n) is 2.40. The summed E-state index contributed by atoms with van der Waals surface area (Å²) in [6.07, 6.45) is 1.58. The largest absolute Gasteiger partial charge is 0.379 e. The molecular formula is C14H16BrN5O3. The summed E-state index contributed by atoms with van der Waals surface area (Å²) in [5, 5.41) is 7.42. The van der Waals surface area contributed by atoms with E-state index in [0.29, 0.717) is 37.3 Å². The van der Waals surface area contributed by atoms with Gasteiger partial charge < -0.3 is 4.74 Å². The molecule has 23 heavy (non-hydrogen) atoms. The molecule has 0 spiro atoms. The molecule has 9 heteroatoms. The second-order valence-corrected chi connectivity index (χ2v) is 6.09. The first-order chi connectivity index (χ1) is 11.1. The van der Waals surface area contributed by atoms with E-state index in [2.05, 4.69) is 37.0 Å². The zero-order valence-corrected chi connectivity index (χ0v) is 13.9. The smallest absolute Gasteiger partial charge is 0.270 e. The van der Waals surface area contributed by atoms with E-state index >= 15 is 0 Å². The average Bonchev–Trinajstić information content (AvgIpc) is 3.01. The second-order valence-electron chi connectivity index (χ2n) is 5.18. The van der Waals surface area contributed by atoms with Crippen molar-refractivity contribution in [3.63, 3.8) is 0 Å². The molecule has 3 N–H and O–H groups in total. The van der Waals surface area contributed by atoms with Gasteiger partial charge >= 0.3 is 0 Å². The van der Waals surface area contributed by atoms with E-state index in [1.165, 1.54) is 0 Å². The summed E-state index contributed by atoms with van der Waals surface area (Å²) in [7, 11) is 0. The molecular weight excluding hydrogens is 366 g/mol. The highest BCUT2D eigenvalue weighted by atomic mass is 79.9. The third-order valence-corrected chi connectivity index (χ3v) is 4.01. The quantitative estimate of drug-likeness (QED) is 0.669. The van der Waals surface area contributed by atoms with Gasteiger partial charge in [0.05, 0.1) is 37.0 Å². The third kappa shape index (κ3) is 3.87. The average molecular weight is 382 g/mol. The minimum absolute atomic E-state index is 0.225. The maximum absolute atomic E-state index is 12.3. The molecule has 8 nitrogen and oxygen atoms in total. The number of rotatable bonds is 3. The number of hydrazine groups is 1. The molecule has 1 fully saturated rings. The Morgan fingerprint density at radius 1 is 1.30 bits per heavy atom. The topological polar surface area (TPSA) is 99.4 Å². The molecule has 2 amide bonds. The van der Waals surface area contributed by atoms with Crippen molar-refractivity contribution in [1.82, 2.24) is 25.9 Å². The highest BCUT2D eigenvalue weighted by Gasteiger charge is 2.16. The Kier molecular flexibility index (Phi) is 4.89. The lowest BCUT2D eigenvalue weighted by atomic mass is 10.1. The van der Waals surface area contributed by atoms with Gasteiger partial charge in [-0.2, -0.15) is 5.10 Å². The third-order valence-electron chi connectivity index (χ3n) is 3.55. The Hall–Kier alpha value is -1.97. The van der Waals surface area contributed by atoms with Gasteiger partial charge in [0.15, 0.2) is 0 Å². The van der Waals surface area contributed by atoms with Crippen LogP contribution in [0.2, 0.25) is 0 Å². The molecule has 1 aromatic carbocycles. The Bertz CT molecular complexity index is 726. The number of aromatic nitrogens is 2. The number of H-pyrrole nitrogens is 1. The van der Waals surface area contributed by atoms with Gasteiger partial charge in [0.1, 0.15) is 0 Å². The van der Waals surface area contributed by atoms with E-state index in [9.17, 15) is 9.59 Å². The number of fused-ring (bicyclic) bond motifs is 1. The predicted molar refractivity (Wildman–Crippen MR) is 86.7 cm³/mol. The van der Waals surface area contributed by atoms with Gasteiger partial charge in [-0.15, -0.1) is 0 Å². The standard InChI is InChI=1S/C14H16BrN5O3/c15-9-5-10(11-7-16-17-12(11)6-9)14(22)19-18-13(21)8-20-1-3-23-4-2-20/h5-7H,1-4,8H2,(H,16,17)(H,18,21)(H,19,22). The number of halogens is 1. The highest BCUT2D eigenvalue weighted by molar-refractivity contribution is 9.10. The summed E-state index contributed by atoms with van der Waals surface area (Å²) in [4.78, 5) is 26.1. The zero-order chi connectivity index (χ0) is 16.2. The monoisotopic (exact) mass is 381 g/mol. The van der Waals surface area contributed by atoms with Gasteiger partial charge in [-0.3, -0.25) is 30.4 Å². The van der Waals surface area contributed by atoms with Crippen LogP contribution in [0.15, 0.2) is 22.8 Å². The Balaban J connectivity index is 1.60. The number of hydrogen-bond donors (Lipinski definition) is 3. The molecule has 2 aromatic rings. The summed E-state index contributed by atoms with van der Waals surface area (Å²) in [6, 6.07) is 3.51.